The molecule has 1 rings (SSSR count). The minimum Gasteiger partial charge on any atom is -0.312 e. The van der Waals surface area contributed by atoms with Gasteiger partial charge in [-0.3, -0.25) is 0 Å². The van der Waals surface area contributed by atoms with E-state index in [0.717, 1.165) is 6.54 Å². The van der Waals surface area contributed by atoms with Crippen LogP contribution in [-0.4, -0.2) is 12.1 Å². The summed E-state index contributed by atoms with van der Waals surface area (Å²) in [6.45, 7) is 14.7. The molecule has 0 aromatic heterocycles. The van der Waals surface area contributed by atoms with Crippen LogP contribution >= 0.6 is 0 Å². The molecule has 0 saturated heterocycles. The lowest BCUT2D eigenvalue weighted by atomic mass is 9.83. The van der Waals surface area contributed by atoms with Crippen molar-refractivity contribution in [2.24, 2.45) is 5.41 Å². The van der Waals surface area contributed by atoms with Crippen LogP contribution in [0.3, 0.4) is 0 Å². The molecule has 1 nitrogen and oxygen atoms in total. The minimum atomic E-state index is 0.229. The second kappa shape index (κ2) is 6.56. The van der Waals surface area contributed by atoms with Gasteiger partial charge in [-0.2, -0.15) is 0 Å². The Kier molecular flexibility index (Phi) is 5.61. The lowest BCUT2D eigenvalue weighted by Gasteiger charge is -2.28. The standard InChI is InChI=1S/C18H31N/c1-15-7-9-16(10-8-15)11-12-18(5,6)13-14-19-17(2,3)4/h7-10,19H,11-14H2,1-6H3. The molecular weight excluding hydrogens is 230 g/mol. The van der Waals surface area contributed by atoms with E-state index in [9.17, 15) is 0 Å². The maximum Gasteiger partial charge on any atom is 0.00965 e. The average molecular weight is 261 g/mol. The summed E-state index contributed by atoms with van der Waals surface area (Å²) in [6, 6.07) is 8.95. The van der Waals surface area contributed by atoms with Gasteiger partial charge in [0.25, 0.3) is 0 Å². The van der Waals surface area contributed by atoms with Crippen molar-refractivity contribution < 1.29 is 0 Å². The third-order valence-electron chi connectivity index (χ3n) is 3.67. The van der Waals surface area contributed by atoms with Crippen molar-refractivity contribution in [3.8, 4) is 0 Å². The predicted octanol–water partition coefficient (Wildman–Crippen LogP) is 4.73. The predicted molar refractivity (Wildman–Crippen MR) is 85.7 cm³/mol. The first-order chi connectivity index (χ1) is 8.68. The molecule has 0 saturated carbocycles. The Balaban J connectivity index is 2.35. The fourth-order valence-electron chi connectivity index (χ4n) is 2.14. The number of benzene rings is 1. The van der Waals surface area contributed by atoms with Crippen LogP contribution in [0.2, 0.25) is 0 Å². The molecule has 0 radical (unpaired) electrons. The van der Waals surface area contributed by atoms with Crippen molar-refractivity contribution in [2.45, 2.75) is 66.3 Å². The van der Waals surface area contributed by atoms with Crippen molar-refractivity contribution in [2.75, 3.05) is 6.54 Å². The van der Waals surface area contributed by atoms with Gasteiger partial charge in [0.2, 0.25) is 0 Å². The molecule has 0 fully saturated rings. The van der Waals surface area contributed by atoms with Crippen molar-refractivity contribution in [1.82, 2.24) is 5.32 Å². The molecule has 0 aliphatic carbocycles. The monoisotopic (exact) mass is 261 g/mol. The summed E-state index contributed by atoms with van der Waals surface area (Å²) in [5, 5.41) is 3.58. The summed E-state index contributed by atoms with van der Waals surface area (Å²) < 4.78 is 0. The van der Waals surface area contributed by atoms with E-state index >= 15 is 0 Å². The van der Waals surface area contributed by atoms with Gasteiger partial charge in [0, 0.05) is 5.54 Å². The Morgan fingerprint density at radius 1 is 0.895 bits per heavy atom. The molecule has 108 valence electrons. The van der Waals surface area contributed by atoms with Gasteiger partial charge in [-0.1, -0.05) is 43.7 Å². The Labute approximate surface area is 119 Å². The van der Waals surface area contributed by atoms with Crippen LogP contribution < -0.4 is 5.32 Å². The van der Waals surface area contributed by atoms with Gasteiger partial charge >= 0.3 is 0 Å². The van der Waals surface area contributed by atoms with Gasteiger partial charge in [-0.15, -0.1) is 0 Å². The van der Waals surface area contributed by atoms with Crippen LogP contribution in [-0.2, 0) is 6.42 Å². The van der Waals surface area contributed by atoms with Crippen LogP contribution in [0.15, 0.2) is 24.3 Å². The van der Waals surface area contributed by atoms with Crippen molar-refractivity contribution in [3.63, 3.8) is 0 Å². The molecule has 0 spiro atoms. The third-order valence-corrected chi connectivity index (χ3v) is 3.67. The Hall–Kier alpha value is -0.820. The van der Waals surface area contributed by atoms with Gasteiger partial charge in [0.15, 0.2) is 0 Å². The van der Waals surface area contributed by atoms with E-state index < -0.39 is 0 Å². The largest absolute Gasteiger partial charge is 0.312 e. The summed E-state index contributed by atoms with van der Waals surface area (Å²) in [5.41, 5.74) is 3.44. The van der Waals surface area contributed by atoms with E-state index in [1.54, 1.807) is 0 Å². The fourth-order valence-corrected chi connectivity index (χ4v) is 2.14. The average Bonchev–Trinajstić information content (AvgIpc) is 2.26. The number of rotatable bonds is 6. The molecule has 1 N–H and O–H groups in total. The van der Waals surface area contributed by atoms with Gasteiger partial charge in [0.05, 0.1) is 0 Å². The zero-order valence-electron chi connectivity index (χ0n) is 13.6. The molecule has 1 aromatic rings. The molecule has 0 aliphatic heterocycles. The van der Waals surface area contributed by atoms with Gasteiger partial charge in [0.1, 0.15) is 0 Å². The highest BCUT2D eigenvalue weighted by Crippen LogP contribution is 2.26. The maximum absolute atomic E-state index is 3.58. The van der Waals surface area contributed by atoms with Crippen molar-refractivity contribution in [3.05, 3.63) is 35.4 Å². The van der Waals surface area contributed by atoms with E-state index in [-0.39, 0.29) is 5.54 Å². The number of hydrogen-bond donors (Lipinski definition) is 1. The Morgan fingerprint density at radius 3 is 2.00 bits per heavy atom. The lowest BCUT2D eigenvalue weighted by Crippen LogP contribution is -2.38. The second-order valence-electron chi connectivity index (χ2n) is 7.58. The molecule has 0 atom stereocenters. The summed E-state index contributed by atoms with van der Waals surface area (Å²) in [6.07, 6.45) is 3.67. The van der Waals surface area contributed by atoms with Gasteiger partial charge in [-0.05, 0) is 64.5 Å². The summed E-state index contributed by atoms with van der Waals surface area (Å²) >= 11 is 0. The molecule has 0 heterocycles. The van der Waals surface area contributed by atoms with Crippen LogP contribution in [0, 0.1) is 12.3 Å². The number of aryl methyl sites for hydroxylation is 2. The molecule has 0 amide bonds. The highest BCUT2D eigenvalue weighted by atomic mass is 14.9. The fraction of sp³-hybridized carbons (Fsp3) is 0.667. The van der Waals surface area contributed by atoms with E-state index in [0.29, 0.717) is 5.41 Å². The van der Waals surface area contributed by atoms with E-state index in [2.05, 4.69) is 71.1 Å². The molecule has 0 bridgehead atoms. The zero-order valence-corrected chi connectivity index (χ0v) is 13.6. The molecule has 1 aromatic carbocycles. The Bertz CT molecular complexity index is 368. The van der Waals surface area contributed by atoms with Crippen molar-refractivity contribution >= 4 is 0 Å². The molecule has 0 aliphatic rings. The highest BCUT2D eigenvalue weighted by Gasteiger charge is 2.18. The van der Waals surface area contributed by atoms with Gasteiger partial charge in [-0.25, -0.2) is 0 Å². The van der Waals surface area contributed by atoms with Gasteiger partial charge < -0.3 is 5.32 Å². The second-order valence-corrected chi connectivity index (χ2v) is 7.58. The lowest BCUT2D eigenvalue weighted by molar-refractivity contribution is 0.284. The minimum absolute atomic E-state index is 0.229. The van der Waals surface area contributed by atoms with Crippen LogP contribution in [0.4, 0.5) is 0 Å². The smallest absolute Gasteiger partial charge is 0.00965 e. The summed E-state index contributed by atoms with van der Waals surface area (Å²) in [7, 11) is 0. The van der Waals surface area contributed by atoms with Crippen LogP contribution in [0.25, 0.3) is 0 Å². The van der Waals surface area contributed by atoms with Crippen LogP contribution in [0.1, 0.15) is 58.6 Å². The maximum atomic E-state index is 3.58. The van der Waals surface area contributed by atoms with E-state index in [4.69, 9.17) is 0 Å². The topological polar surface area (TPSA) is 12.0 Å². The zero-order chi connectivity index (χ0) is 14.5. The summed E-state index contributed by atoms with van der Waals surface area (Å²) in [4.78, 5) is 0. The SMILES string of the molecule is Cc1ccc(CCC(C)(C)CCNC(C)(C)C)cc1. The first-order valence-corrected chi connectivity index (χ1v) is 7.49. The normalized spacial score (nSPS) is 12.7. The van der Waals surface area contributed by atoms with Crippen LogP contribution in [0.5, 0.6) is 0 Å². The number of hydrogen-bond acceptors (Lipinski definition) is 1. The molecule has 0 unspecified atom stereocenters. The quantitative estimate of drug-likeness (QED) is 0.780. The molecule has 19 heavy (non-hydrogen) atoms. The highest BCUT2D eigenvalue weighted by molar-refractivity contribution is 5.21. The summed E-state index contributed by atoms with van der Waals surface area (Å²) in [5.74, 6) is 0. The Morgan fingerprint density at radius 2 is 1.47 bits per heavy atom. The first kappa shape index (κ1) is 16.2. The van der Waals surface area contributed by atoms with E-state index in [1.165, 1.54) is 30.4 Å². The number of nitrogens with one attached hydrogen (secondary N) is 1. The third kappa shape index (κ3) is 7.37. The molecular formula is C18H31N. The van der Waals surface area contributed by atoms with Crippen molar-refractivity contribution in [1.29, 1.82) is 0 Å². The first-order valence-electron chi connectivity index (χ1n) is 7.49. The molecule has 1 heteroatoms. The van der Waals surface area contributed by atoms with E-state index in [1.807, 2.05) is 0 Å².